The topological polar surface area (TPSA) is 58.4 Å². The van der Waals surface area contributed by atoms with Crippen molar-refractivity contribution in [2.24, 2.45) is 11.7 Å². The van der Waals surface area contributed by atoms with Gasteiger partial charge in [0.1, 0.15) is 0 Å². The van der Waals surface area contributed by atoms with Crippen LogP contribution in [0.4, 0.5) is 0 Å². The molecule has 0 spiro atoms. The smallest absolute Gasteiger partial charge is 0.233 e. The average Bonchev–Trinajstić information content (AvgIpc) is 2.85. The highest BCUT2D eigenvalue weighted by Gasteiger charge is 2.22. The summed E-state index contributed by atoms with van der Waals surface area (Å²) in [6.45, 7) is 4.00. The molecule has 1 aliphatic rings. The van der Waals surface area contributed by atoms with Gasteiger partial charge in [0.05, 0.1) is 6.54 Å². The standard InChI is InChI=1S/C14H21N3O/c15-8-14(18)16-9-13-6-7-17(11-13)10-12-4-2-1-3-5-12/h1-5,13H,6-11,15H2,(H,16,18)/t13-/m1/s1. The summed E-state index contributed by atoms with van der Waals surface area (Å²) in [4.78, 5) is 13.5. The zero-order valence-electron chi connectivity index (χ0n) is 10.6. The van der Waals surface area contributed by atoms with Crippen LogP contribution in [0, 0.1) is 5.92 Å². The highest BCUT2D eigenvalue weighted by atomic mass is 16.1. The van der Waals surface area contributed by atoms with Crippen molar-refractivity contribution in [3.63, 3.8) is 0 Å². The largest absolute Gasteiger partial charge is 0.355 e. The maximum atomic E-state index is 11.1. The highest BCUT2D eigenvalue weighted by Crippen LogP contribution is 2.17. The zero-order chi connectivity index (χ0) is 12.8. The number of carbonyl (C=O) groups excluding carboxylic acids is 1. The molecule has 0 aliphatic carbocycles. The molecule has 0 radical (unpaired) electrons. The molecule has 0 unspecified atom stereocenters. The maximum Gasteiger partial charge on any atom is 0.233 e. The summed E-state index contributed by atoms with van der Waals surface area (Å²) in [6.07, 6.45) is 1.15. The number of hydrogen-bond donors (Lipinski definition) is 2. The van der Waals surface area contributed by atoms with E-state index in [0.717, 1.165) is 32.6 Å². The molecule has 1 atom stereocenters. The predicted molar refractivity (Wildman–Crippen MR) is 71.9 cm³/mol. The summed E-state index contributed by atoms with van der Waals surface area (Å²) >= 11 is 0. The second-order valence-corrected chi connectivity index (χ2v) is 4.88. The third-order valence-electron chi connectivity index (χ3n) is 3.39. The predicted octanol–water partition coefficient (Wildman–Crippen LogP) is 0.583. The van der Waals surface area contributed by atoms with E-state index in [1.807, 2.05) is 6.07 Å². The van der Waals surface area contributed by atoms with E-state index in [9.17, 15) is 4.79 Å². The van der Waals surface area contributed by atoms with E-state index in [-0.39, 0.29) is 12.5 Å². The molecule has 3 N–H and O–H groups in total. The number of benzene rings is 1. The van der Waals surface area contributed by atoms with Crippen LogP contribution >= 0.6 is 0 Å². The van der Waals surface area contributed by atoms with Gasteiger partial charge in [-0.25, -0.2) is 0 Å². The molecule has 1 amide bonds. The molecular weight excluding hydrogens is 226 g/mol. The molecule has 1 aromatic rings. The van der Waals surface area contributed by atoms with Crippen molar-refractivity contribution in [1.29, 1.82) is 0 Å². The second-order valence-electron chi connectivity index (χ2n) is 4.88. The molecule has 1 saturated heterocycles. The lowest BCUT2D eigenvalue weighted by molar-refractivity contribution is -0.119. The number of hydrogen-bond acceptors (Lipinski definition) is 3. The number of nitrogens with one attached hydrogen (secondary N) is 1. The van der Waals surface area contributed by atoms with E-state index >= 15 is 0 Å². The molecule has 1 heterocycles. The van der Waals surface area contributed by atoms with E-state index < -0.39 is 0 Å². The molecule has 0 aromatic heterocycles. The minimum atomic E-state index is -0.0588. The van der Waals surface area contributed by atoms with Gasteiger partial charge in [0.15, 0.2) is 0 Å². The van der Waals surface area contributed by atoms with Gasteiger partial charge < -0.3 is 11.1 Å². The molecule has 1 aromatic carbocycles. The summed E-state index contributed by atoms with van der Waals surface area (Å²) < 4.78 is 0. The summed E-state index contributed by atoms with van der Waals surface area (Å²) in [5, 5.41) is 2.87. The van der Waals surface area contributed by atoms with E-state index in [1.165, 1.54) is 5.56 Å². The zero-order valence-corrected chi connectivity index (χ0v) is 10.6. The van der Waals surface area contributed by atoms with E-state index in [4.69, 9.17) is 5.73 Å². The first-order chi connectivity index (χ1) is 8.78. The van der Waals surface area contributed by atoms with Crippen LogP contribution in [0.3, 0.4) is 0 Å². The third kappa shape index (κ3) is 3.82. The Bertz CT molecular complexity index is 380. The minimum absolute atomic E-state index is 0.0588. The highest BCUT2D eigenvalue weighted by molar-refractivity contribution is 5.77. The number of rotatable bonds is 5. The van der Waals surface area contributed by atoms with E-state index in [2.05, 4.69) is 34.5 Å². The first kappa shape index (κ1) is 13.1. The van der Waals surface area contributed by atoms with E-state index in [1.54, 1.807) is 0 Å². The summed E-state index contributed by atoms with van der Waals surface area (Å²) in [5.41, 5.74) is 6.61. The Labute approximate surface area is 108 Å². The Kier molecular flexibility index (Phi) is 4.73. The van der Waals surface area contributed by atoms with Gasteiger partial charge in [-0.2, -0.15) is 0 Å². The first-order valence-corrected chi connectivity index (χ1v) is 6.51. The summed E-state index contributed by atoms with van der Waals surface area (Å²) in [6, 6.07) is 10.5. The van der Waals surface area contributed by atoms with Crippen LogP contribution in [-0.4, -0.2) is 37.0 Å². The normalized spacial score (nSPS) is 19.9. The van der Waals surface area contributed by atoms with Gasteiger partial charge in [-0.05, 0) is 24.4 Å². The van der Waals surface area contributed by atoms with Crippen LogP contribution in [-0.2, 0) is 11.3 Å². The van der Waals surface area contributed by atoms with Crippen LogP contribution in [0.2, 0.25) is 0 Å². The number of likely N-dealkylation sites (tertiary alicyclic amines) is 1. The lowest BCUT2D eigenvalue weighted by Crippen LogP contribution is -2.35. The van der Waals surface area contributed by atoms with Gasteiger partial charge in [-0.15, -0.1) is 0 Å². The van der Waals surface area contributed by atoms with Gasteiger partial charge in [0.2, 0.25) is 5.91 Å². The molecular formula is C14H21N3O. The number of nitrogens with zero attached hydrogens (tertiary/aromatic N) is 1. The van der Waals surface area contributed by atoms with Crippen LogP contribution in [0.15, 0.2) is 30.3 Å². The fraction of sp³-hybridized carbons (Fsp3) is 0.500. The fourth-order valence-electron chi connectivity index (χ4n) is 2.40. The molecule has 4 nitrogen and oxygen atoms in total. The second kappa shape index (κ2) is 6.52. The van der Waals surface area contributed by atoms with Gasteiger partial charge in [0.25, 0.3) is 0 Å². The molecule has 2 rings (SSSR count). The molecule has 0 bridgehead atoms. The average molecular weight is 247 g/mol. The number of amides is 1. The lowest BCUT2D eigenvalue weighted by Gasteiger charge is -2.16. The maximum absolute atomic E-state index is 11.1. The van der Waals surface area contributed by atoms with Crippen LogP contribution in [0.25, 0.3) is 0 Å². The Hall–Kier alpha value is -1.39. The van der Waals surface area contributed by atoms with E-state index in [0.29, 0.717) is 5.92 Å². The molecule has 1 fully saturated rings. The molecule has 98 valence electrons. The van der Waals surface area contributed by atoms with Crippen molar-refractivity contribution in [1.82, 2.24) is 10.2 Å². The summed E-state index contributed by atoms with van der Waals surface area (Å²) in [7, 11) is 0. The number of carbonyl (C=O) groups is 1. The van der Waals surface area contributed by atoms with Gasteiger partial charge in [-0.3, -0.25) is 9.69 Å². The Morgan fingerprint density at radius 1 is 1.39 bits per heavy atom. The van der Waals surface area contributed by atoms with Crippen LogP contribution in [0.1, 0.15) is 12.0 Å². The third-order valence-corrected chi connectivity index (χ3v) is 3.39. The Morgan fingerprint density at radius 2 is 2.17 bits per heavy atom. The lowest BCUT2D eigenvalue weighted by atomic mass is 10.1. The van der Waals surface area contributed by atoms with Crippen molar-refractivity contribution < 1.29 is 4.79 Å². The SMILES string of the molecule is NCC(=O)NC[C@H]1CCN(Cc2ccccc2)C1. The molecule has 18 heavy (non-hydrogen) atoms. The first-order valence-electron chi connectivity index (χ1n) is 6.51. The van der Waals surface area contributed by atoms with Gasteiger partial charge in [-0.1, -0.05) is 30.3 Å². The van der Waals surface area contributed by atoms with Crippen LogP contribution < -0.4 is 11.1 Å². The van der Waals surface area contributed by atoms with Crippen LogP contribution in [0.5, 0.6) is 0 Å². The molecule has 1 aliphatic heterocycles. The fourth-order valence-corrected chi connectivity index (χ4v) is 2.40. The quantitative estimate of drug-likeness (QED) is 0.800. The van der Waals surface area contributed by atoms with Crippen molar-refractivity contribution in [3.05, 3.63) is 35.9 Å². The van der Waals surface area contributed by atoms with Gasteiger partial charge in [0, 0.05) is 19.6 Å². The molecule has 4 heteroatoms. The minimum Gasteiger partial charge on any atom is -0.355 e. The van der Waals surface area contributed by atoms with Crippen molar-refractivity contribution >= 4 is 5.91 Å². The molecule has 0 saturated carbocycles. The number of nitrogens with two attached hydrogens (primary N) is 1. The monoisotopic (exact) mass is 247 g/mol. The van der Waals surface area contributed by atoms with Crippen molar-refractivity contribution in [3.8, 4) is 0 Å². The van der Waals surface area contributed by atoms with Crippen molar-refractivity contribution in [2.75, 3.05) is 26.2 Å². The Morgan fingerprint density at radius 3 is 2.89 bits per heavy atom. The van der Waals surface area contributed by atoms with Gasteiger partial charge >= 0.3 is 0 Å². The summed E-state index contributed by atoms with van der Waals surface area (Å²) in [5.74, 6) is 0.501. The van der Waals surface area contributed by atoms with Crippen molar-refractivity contribution in [2.45, 2.75) is 13.0 Å². The Balaban J connectivity index is 1.73.